The number of nitrogens with zero attached hydrogens (tertiary/aromatic N) is 3. The highest BCUT2D eigenvalue weighted by Crippen LogP contribution is 2.20. The van der Waals surface area contributed by atoms with E-state index in [1.54, 1.807) is 0 Å². The number of rotatable bonds is 5. The number of likely N-dealkylation sites (tertiary alicyclic amines) is 1. The van der Waals surface area contributed by atoms with Crippen LogP contribution in [0.2, 0.25) is 0 Å². The molecule has 1 unspecified atom stereocenters. The van der Waals surface area contributed by atoms with E-state index in [0.717, 1.165) is 25.8 Å². The SMILES string of the molecule is CC(C)(C)c1noc(CCCC(=O)N2CCCC2CN)n1. The predicted octanol–water partition coefficient (Wildman–Crippen LogP) is 1.64. The van der Waals surface area contributed by atoms with Gasteiger partial charge in [0, 0.05) is 37.4 Å². The van der Waals surface area contributed by atoms with Gasteiger partial charge in [-0.3, -0.25) is 4.79 Å². The van der Waals surface area contributed by atoms with Crippen LogP contribution in [0.3, 0.4) is 0 Å². The molecule has 21 heavy (non-hydrogen) atoms. The van der Waals surface area contributed by atoms with Crippen LogP contribution in [0.15, 0.2) is 4.52 Å². The first-order chi connectivity index (χ1) is 9.91. The number of hydrogen-bond acceptors (Lipinski definition) is 5. The fraction of sp³-hybridized carbons (Fsp3) is 0.800. The minimum Gasteiger partial charge on any atom is -0.339 e. The van der Waals surface area contributed by atoms with Crippen LogP contribution in [0.1, 0.15) is 58.2 Å². The van der Waals surface area contributed by atoms with E-state index in [1.165, 1.54) is 0 Å². The Balaban J connectivity index is 1.79. The van der Waals surface area contributed by atoms with Crippen molar-refractivity contribution in [1.29, 1.82) is 0 Å². The molecular weight excluding hydrogens is 268 g/mol. The molecule has 118 valence electrons. The number of nitrogens with two attached hydrogens (primary N) is 1. The van der Waals surface area contributed by atoms with Crippen molar-refractivity contribution in [3.05, 3.63) is 11.7 Å². The Morgan fingerprint density at radius 3 is 2.86 bits per heavy atom. The summed E-state index contributed by atoms with van der Waals surface area (Å²) in [6, 6.07) is 0.230. The van der Waals surface area contributed by atoms with Crippen LogP contribution in [-0.2, 0) is 16.6 Å². The van der Waals surface area contributed by atoms with E-state index in [2.05, 4.69) is 10.1 Å². The smallest absolute Gasteiger partial charge is 0.226 e. The Labute approximate surface area is 126 Å². The molecule has 0 radical (unpaired) electrons. The number of hydrogen-bond donors (Lipinski definition) is 1. The van der Waals surface area contributed by atoms with Gasteiger partial charge in [0.05, 0.1) is 0 Å². The topological polar surface area (TPSA) is 85.2 Å². The summed E-state index contributed by atoms with van der Waals surface area (Å²) in [5, 5.41) is 3.99. The number of aromatic nitrogens is 2. The third-order valence-electron chi connectivity index (χ3n) is 3.89. The van der Waals surface area contributed by atoms with Crippen LogP contribution in [-0.4, -0.2) is 40.1 Å². The average molecular weight is 294 g/mol. The standard InChI is InChI=1S/C15H26N4O2/c1-15(2,3)14-17-12(21-18-14)7-4-8-13(20)19-9-5-6-11(19)10-16/h11H,4-10,16H2,1-3H3. The van der Waals surface area contributed by atoms with E-state index >= 15 is 0 Å². The molecule has 1 amide bonds. The van der Waals surface area contributed by atoms with Crippen LogP contribution in [0, 0.1) is 0 Å². The largest absolute Gasteiger partial charge is 0.339 e. The molecule has 6 nitrogen and oxygen atoms in total. The molecule has 0 spiro atoms. The summed E-state index contributed by atoms with van der Waals surface area (Å²) in [5.74, 6) is 1.52. The van der Waals surface area contributed by atoms with E-state index in [9.17, 15) is 4.79 Å². The maximum atomic E-state index is 12.2. The van der Waals surface area contributed by atoms with Crippen molar-refractivity contribution in [3.63, 3.8) is 0 Å². The molecule has 1 fully saturated rings. The number of carbonyl (C=O) groups excluding carboxylic acids is 1. The monoisotopic (exact) mass is 294 g/mol. The zero-order valence-electron chi connectivity index (χ0n) is 13.3. The third-order valence-corrected chi connectivity index (χ3v) is 3.89. The van der Waals surface area contributed by atoms with Crippen molar-refractivity contribution in [3.8, 4) is 0 Å². The van der Waals surface area contributed by atoms with Crippen molar-refractivity contribution in [2.45, 2.75) is 64.3 Å². The van der Waals surface area contributed by atoms with Crippen molar-refractivity contribution < 1.29 is 9.32 Å². The number of carbonyl (C=O) groups is 1. The molecule has 2 N–H and O–H groups in total. The molecule has 1 atom stereocenters. The molecule has 2 heterocycles. The van der Waals surface area contributed by atoms with Crippen molar-refractivity contribution in [1.82, 2.24) is 15.0 Å². The second-order valence-corrected chi connectivity index (χ2v) is 6.73. The molecule has 1 aliphatic heterocycles. The van der Waals surface area contributed by atoms with Gasteiger partial charge < -0.3 is 15.2 Å². The van der Waals surface area contributed by atoms with Gasteiger partial charge >= 0.3 is 0 Å². The van der Waals surface area contributed by atoms with E-state index in [4.69, 9.17) is 10.3 Å². The Hall–Kier alpha value is -1.43. The second-order valence-electron chi connectivity index (χ2n) is 6.73. The summed E-state index contributed by atoms with van der Waals surface area (Å²) in [4.78, 5) is 18.5. The Kier molecular flexibility index (Phi) is 4.98. The van der Waals surface area contributed by atoms with Crippen molar-refractivity contribution in [2.75, 3.05) is 13.1 Å². The van der Waals surface area contributed by atoms with Crippen LogP contribution < -0.4 is 5.73 Å². The zero-order chi connectivity index (χ0) is 15.5. The van der Waals surface area contributed by atoms with Gasteiger partial charge in [-0.05, 0) is 19.3 Å². The van der Waals surface area contributed by atoms with Crippen LogP contribution >= 0.6 is 0 Å². The Morgan fingerprint density at radius 2 is 2.24 bits per heavy atom. The molecule has 1 aromatic rings. The van der Waals surface area contributed by atoms with E-state index < -0.39 is 0 Å². The van der Waals surface area contributed by atoms with Crippen LogP contribution in [0.4, 0.5) is 0 Å². The summed E-state index contributed by atoms with van der Waals surface area (Å²) >= 11 is 0. The van der Waals surface area contributed by atoms with Gasteiger partial charge in [-0.2, -0.15) is 4.98 Å². The zero-order valence-corrected chi connectivity index (χ0v) is 13.3. The average Bonchev–Trinajstić information content (AvgIpc) is 3.06. The minimum atomic E-state index is -0.110. The number of aryl methyl sites for hydroxylation is 1. The highest BCUT2D eigenvalue weighted by Gasteiger charge is 2.27. The molecule has 1 saturated heterocycles. The first kappa shape index (κ1) is 15.9. The van der Waals surface area contributed by atoms with Crippen molar-refractivity contribution in [2.24, 2.45) is 5.73 Å². The minimum absolute atomic E-state index is 0.110. The quantitative estimate of drug-likeness (QED) is 0.892. The lowest BCUT2D eigenvalue weighted by molar-refractivity contribution is -0.131. The lowest BCUT2D eigenvalue weighted by Gasteiger charge is -2.23. The van der Waals surface area contributed by atoms with Crippen LogP contribution in [0.5, 0.6) is 0 Å². The van der Waals surface area contributed by atoms with Crippen LogP contribution in [0.25, 0.3) is 0 Å². The van der Waals surface area contributed by atoms with Gasteiger partial charge in [-0.1, -0.05) is 25.9 Å². The van der Waals surface area contributed by atoms with Crippen molar-refractivity contribution >= 4 is 5.91 Å². The normalized spacial score (nSPS) is 19.2. The molecule has 1 aliphatic rings. The van der Waals surface area contributed by atoms with E-state index in [-0.39, 0.29) is 17.4 Å². The molecule has 1 aromatic heterocycles. The molecule has 0 saturated carbocycles. The maximum absolute atomic E-state index is 12.2. The first-order valence-corrected chi connectivity index (χ1v) is 7.74. The molecule has 0 aliphatic carbocycles. The third kappa shape index (κ3) is 4.03. The molecule has 0 bridgehead atoms. The Bertz CT molecular complexity index is 478. The lowest BCUT2D eigenvalue weighted by atomic mass is 9.96. The summed E-state index contributed by atoms with van der Waals surface area (Å²) in [6.07, 6.45) is 3.99. The fourth-order valence-electron chi connectivity index (χ4n) is 2.60. The highest BCUT2D eigenvalue weighted by atomic mass is 16.5. The molecule has 0 aromatic carbocycles. The molecular formula is C15H26N4O2. The first-order valence-electron chi connectivity index (χ1n) is 7.74. The van der Waals surface area contributed by atoms with E-state index in [0.29, 0.717) is 31.1 Å². The molecule has 2 rings (SSSR count). The van der Waals surface area contributed by atoms with Gasteiger partial charge in [-0.15, -0.1) is 0 Å². The summed E-state index contributed by atoms with van der Waals surface area (Å²) < 4.78 is 5.23. The van der Waals surface area contributed by atoms with Gasteiger partial charge in [0.2, 0.25) is 11.8 Å². The summed E-state index contributed by atoms with van der Waals surface area (Å²) in [5.41, 5.74) is 5.59. The van der Waals surface area contributed by atoms with Gasteiger partial charge in [0.15, 0.2) is 5.82 Å². The summed E-state index contributed by atoms with van der Waals surface area (Å²) in [6.45, 7) is 7.54. The predicted molar refractivity (Wildman–Crippen MR) is 79.7 cm³/mol. The van der Waals surface area contributed by atoms with Gasteiger partial charge in [0.1, 0.15) is 0 Å². The number of amides is 1. The Morgan fingerprint density at radius 1 is 1.48 bits per heavy atom. The van der Waals surface area contributed by atoms with Gasteiger partial charge in [-0.25, -0.2) is 0 Å². The van der Waals surface area contributed by atoms with E-state index in [1.807, 2.05) is 25.7 Å². The lowest BCUT2D eigenvalue weighted by Crippen LogP contribution is -2.39. The van der Waals surface area contributed by atoms with Gasteiger partial charge in [0.25, 0.3) is 0 Å². The highest BCUT2D eigenvalue weighted by molar-refractivity contribution is 5.76. The molecule has 6 heteroatoms. The fourth-order valence-corrected chi connectivity index (χ4v) is 2.60. The maximum Gasteiger partial charge on any atom is 0.226 e. The summed E-state index contributed by atoms with van der Waals surface area (Å²) in [7, 11) is 0. The second kappa shape index (κ2) is 6.56.